The van der Waals surface area contributed by atoms with Crippen molar-refractivity contribution >= 4 is 51.4 Å². The van der Waals surface area contributed by atoms with Gasteiger partial charge in [-0.25, -0.2) is 0 Å². The lowest BCUT2D eigenvalue weighted by Crippen LogP contribution is -1.85. The number of azide groups is 1. The molecule has 0 saturated heterocycles. The quantitative estimate of drug-likeness (QED) is 0.402. The molecule has 1 aromatic rings. The van der Waals surface area contributed by atoms with Gasteiger partial charge in [-0.15, -0.1) is 0 Å². The molecule has 0 atom stereocenters. The molecule has 1 aromatic carbocycles. The molecular formula is C9H5Cl4N3. The zero-order valence-corrected chi connectivity index (χ0v) is 10.8. The highest BCUT2D eigenvalue weighted by molar-refractivity contribution is 6.66. The molecule has 0 fully saturated rings. The van der Waals surface area contributed by atoms with Crippen LogP contribution in [0.3, 0.4) is 0 Å². The summed E-state index contributed by atoms with van der Waals surface area (Å²) < 4.78 is -0.0429. The summed E-state index contributed by atoms with van der Waals surface area (Å²) in [5.41, 5.74) is 9.52. The van der Waals surface area contributed by atoms with E-state index < -0.39 is 0 Å². The lowest BCUT2D eigenvalue weighted by Gasteiger charge is -2.04. The van der Waals surface area contributed by atoms with Crippen molar-refractivity contribution in [2.24, 2.45) is 5.11 Å². The molecule has 0 saturated carbocycles. The zero-order chi connectivity index (χ0) is 12.1. The molecule has 0 unspecified atom stereocenters. The maximum absolute atomic E-state index is 8.21. The Morgan fingerprint density at radius 3 is 2.50 bits per heavy atom. The standard InChI is InChI=1S/C9H5Cl4N3/c10-7-2-5(4-15-16-14)1-6(3-7)8(11)9(12)13/h1-3H,4H2. The Balaban J connectivity index is 3.17. The molecule has 3 nitrogen and oxygen atoms in total. The predicted molar refractivity (Wildman–Crippen MR) is 68.8 cm³/mol. The second-order valence-corrected chi connectivity index (χ2v) is 4.58. The molecule has 0 heterocycles. The van der Waals surface area contributed by atoms with Crippen molar-refractivity contribution in [3.63, 3.8) is 0 Å². The van der Waals surface area contributed by atoms with Crippen molar-refractivity contribution in [3.8, 4) is 0 Å². The molecule has 0 spiro atoms. The molecule has 0 N–H and O–H groups in total. The first-order valence-corrected chi connectivity index (χ1v) is 5.57. The molecule has 0 aromatic heterocycles. The second kappa shape index (κ2) is 6.24. The van der Waals surface area contributed by atoms with Crippen LogP contribution >= 0.6 is 46.4 Å². The fourth-order valence-corrected chi connectivity index (χ4v) is 1.68. The van der Waals surface area contributed by atoms with E-state index in [1.54, 1.807) is 18.2 Å². The maximum Gasteiger partial charge on any atom is 0.126 e. The first kappa shape index (κ1) is 13.5. The van der Waals surface area contributed by atoms with Crippen LogP contribution in [0.5, 0.6) is 0 Å². The molecule has 0 radical (unpaired) electrons. The van der Waals surface area contributed by atoms with Crippen LogP contribution in [0.15, 0.2) is 27.8 Å². The van der Waals surface area contributed by atoms with Crippen LogP contribution in [0.4, 0.5) is 0 Å². The van der Waals surface area contributed by atoms with Gasteiger partial charge in [-0.3, -0.25) is 0 Å². The van der Waals surface area contributed by atoms with E-state index in [9.17, 15) is 0 Å². The normalized spacial score (nSPS) is 9.50. The Hall–Kier alpha value is -0.570. The highest BCUT2D eigenvalue weighted by Gasteiger charge is 2.06. The largest absolute Gasteiger partial charge is 0.126 e. The SMILES string of the molecule is [N-]=[N+]=NCc1cc(Cl)cc(C(Cl)=C(Cl)Cl)c1. The fraction of sp³-hybridized carbons (Fsp3) is 0.111. The van der Waals surface area contributed by atoms with Crippen LogP contribution in [0.25, 0.3) is 15.5 Å². The van der Waals surface area contributed by atoms with Gasteiger partial charge in [0.1, 0.15) is 4.49 Å². The van der Waals surface area contributed by atoms with Crippen LogP contribution in [0, 0.1) is 0 Å². The first-order valence-electron chi connectivity index (χ1n) is 4.06. The van der Waals surface area contributed by atoms with Crippen molar-refractivity contribution in [2.45, 2.75) is 6.54 Å². The predicted octanol–water partition coefficient (Wildman–Crippen LogP) is 5.49. The lowest BCUT2D eigenvalue weighted by atomic mass is 10.1. The Bertz CT molecular complexity index is 474. The molecule has 0 bridgehead atoms. The van der Waals surface area contributed by atoms with E-state index in [2.05, 4.69) is 10.0 Å². The van der Waals surface area contributed by atoms with Crippen LogP contribution in [-0.2, 0) is 6.54 Å². The molecular weight excluding hydrogens is 292 g/mol. The van der Waals surface area contributed by atoms with Gasteiger partial charge in [0.2, 0.25) is 0 Å². The van der Waals surface area contributed by atoms with Crippen LogP contribution in [0.2, 0.25) is 5.02 Å². The average Bonchev–Trinajstić information content (AvgIpc) is 2.24. The Labute approximate surface area is 112 Å². The third-order valence-electron chi connectivity index (χ3n) is 1.69. The number of rotatable bonds is 3. The van der Waals surface area contributed by atoms with Crippen LogP contribution < -0.4 is 0 Å². The van der Waals surface area contributed by atoms with E-state index in [0.717, 1.165) is 5.56 Å². The van der Waals surface area contributed by atoms with E-state index in [-0.39, 0.29) is 16.1 Å². The van der Waals surface area contributed by atoms with Crippen molar-refractivity contribution in [1.29, 1.82) is 0 Å². The van der Waals surface area contributed by atoms with E-state index in [4.69, 9.17) is 51.9 Å². The minimum absolute atomic E-state index is 0.0429. The summed E-state index contributed by atoms with van der Waals surface area (Å²) in [6.45, 7) is 0.189. The van der Waals surface area contributed by atoms with Crippen LogP contribution in [0.1, 0.15) is 11.1 Å². The highest BCUT2D eigenvalue weighted by atomic mass is 35.5. The van der Waals surface area contributed by atoms with Gasteiger partial charge in [-0.05, 0) is 34.9 Å². The monoisotopic (exact) mass is 295 g/mol. The summed E-state index contributed by atoms with van der Waals surface area (Å²) >= 11 is 22.9. The number of nitrogens with zero attached hydrogens (tertiary/aromatic N) is 3. The lowest BCUT2D eigenvalue weighted by molar-refractivity contribution is 1.05. The summed E-state index contributed by atoms with van der Waals surface area (Å²) in [7, 11) is 0. The van der Waals surface area contributed by atoms with E-state index in [0.29, 0.717) is 10.6 Å². The summed E-state index contributed by atoms with van der Waals surface area (Å²) in [6.07, 6.45) is 0. The highest BCUT2D eigenvalue weighted by Crippen LogP contribution is 2.30. The Kier molecular flexibility index (Phi) is 5.26. The molecule has 16 heavy (non-hydrogen) atoms. The number of benzene rings is 1. The second-order valence-electron chi connectivity index (χ2n) is 2.81. The van der Waals surface area contributed by atoms with Gasteiger partial charge < -0.3 is 0 Å². The third-order valence-corrected chi connectivity index (χ3v) is 2.89. The van der Waals surface area contributed by atoms with Crippen LogP contribution in [-0.4, -0.2) is 0 Å². The summed E-state index contributed by atoms with van der Waals surface area (Å²) in [6, 6.07) is 4.99. The minimum Gasteiger partial charge on any atom is -0.0893 e. The van der Waals surface area contributed by atoms with Crippen molar-refractivity contribution < 1.29 is 0 Å². The first-order chi connectivity index (χ1) is 7.54. The van der Waals surface area contributed by atoms with Gasteiger partial charge in [0.15, 0.2) is 0 Å². The number of halogens is 4. The maximum atomic E-state index is 8.21. The van der Waals surface area contributed by atoms with Crippen molar-refractivity contribution in [3.05, 3.63) is 49.3 Å². The molecule has 7 heteroatoms. The van der Waals surface area contributed by atoms with E-state index >= 15 is 0 Å². The molecule has 0 aliphatic heterocycles. The summed E-state index contributed by atoms with van der Waals surface area (Å²) in [5, 5.41) is 4.09. The van der Waals surface area contributed by atoms with Gasteiger partial charge in [-0.1, -0.05) is 51.5 Å². The van der Waals surface area contributed by atoms with E-state index in [1.165, 1.54) is 0 Å². The van der Waals surface area contributed by atoms with Crippen molar-refractivity contribution in [1.82, 2.24) is 0 Å². The van der Waals surface area contributed by atoms with Crippen molar-refractivity contribution in [2.75, 3.05) is 0 Å². The summed E-state index contributed by atoms with van der Waals surface area (Å²) in [5.74, 6) is 0. The van der Waals surface area contributed by atoms with Gasteiger partial charge >= 0.3 is 0 Å². The summed E-state index contributed by atoms with van der Waals surface area (Å²) in [4.78, 5) is 2.66. The van der Waals surface area contributed by atoms with Gasteiger partial charge in [0.05, 0.1) is 11.6 Å². The molecule has 0 aliphatic rings. The van der Waals surface area contributed by atoms with E-state index in [1.807, 2.05) is 0 Å². The fourth-order valence-electron chi connectivity index (χ4n) is 1.09. The molecule has 0 amide bonds. The number of hydrogen-bond acceptors (Lipinski definition) is 1. The van der Waals surface area contributed by atoms with Gasteiger partial charge in [-0.2, -0.15) is 0 Å². The third kappa shape index (κ3) is 3.78. The average molecular weight is 297 g/mol. The molecule has 84 valence electrons. The topological polar surface area (TPSA) is 48.8 Å². The Morgan fingerprint density at radius 1 is 1.25 bits per heavy atom. The molecule has 1 rings (SSSR count). The number of hydrogen-bond donors (Lipinski definition) is 0. The smallest absolute Gasteiger partial charge is 0.0893 e. The van der Waals surface area contributed by atoms with Gasteiger partial charge in [0.25, 0.3) is 0 Å². The Morgan fingerprint density at radius 2 is 1.94 bits per heavy atom. The molecule has 0 aliphatic carbocycles. The van der Waals surface area contributed by atoms with Gasteiger partial charge in [0, 0.05) is 9.93 Å². The zero-order valence-electron chi connectivity index (χ0n) is 7.79. The minimum atomic E-state index is -0.0429.